The van der Waals surface area contributed by atoms with Crippen molar-refractivity contribution >= 4 is 45.5 Å². The lowest BCUT2D eigenvalue weighted by atomic mass is 10.2. The second-order valence-electron chi connectivity index (χ2n) is 5.44. The molecule has 0 aliphatic carbocycles. The molecule has 0 unspecified atom stereocenters. The van der Waals surface area contributed by atoms with Gasteiger partial charge in [0.2, 0.25) is 5.91 Å². The zero-order valence-electron chi connectivity index (χ0n) is 13.2. The molecule has 4 amide bonds. The second-order valence-corrected chi connectivity index (χ2v) is 6.22. The number of carbonyl (C=O) groups is 3. The lowest BCUT2D eigenvalue weighted by Crippen LogP contribution is -2.38. The van der Waals surface area contributed by atoms with Crippen LogP contribution in [-0.2, 0) is 9.59 Å². The predicted octanol–water partition coefficient (Wildman–Crippen LogP) is 2.88. The molecule has 7 nitrogen and oxygen atoms in total. The largest absolute Gasteiger partial charge is 0.450 e. The van der Waals surface area contributed by atoms with E-state index in [-0.39, 0.29) is 12.2 Å². The van der Waals surface area contributed by atoms with Gasteiger partial charge >= 0.3 is 6.03 Å². The van der Waals surface area contributed by atoms with E-state index in [2.05, 4.69) is 26.6 Å². The smallest absolute Gasteiger partial charge is 0.329 e. The highest BCUT2D eigenvalue weighted by atomic mass is 79.9. The molecule has 0 bridgehead atoms. The standard InChI is InChI=1S/C17H14BrN3O4/c1-10-3-2-4-11(7-10)19-15(22)9-21-16(23)13(20-17(21)24)8-12-5-6-14(18)25-12/h2-8H,9H2,1H3,(H,19,22)(H,20,24)/b13-8+. The molecule has 3 rings (SSSR count). The summed E-state index contributed by atoms with van der Waals surface area (Å²) >= 11 is 3.16. The summed E-state index contributed by atoms with van der Waals surface area (Å²) < 4.78 is 5.78. The van der Waals surface area contributed by atoms with E-state index in [4.69, 9.17) is 4.42 Å². The number of amides is 4. The summed E-state index contributed by atoms with van der Waals surface area (Å²) in [6.45, 7) is 1.52. The van der Waals surface area contributed by atoms with Crippen LogP contribution in [-0.4, -0.2) is 29.3 Å². The van der Waals surface area contributed by atoms with Crippen LogP contribution in [0.15, 0.2) is 51.2 Å². The summed E-state index contributed by atoms with van der Waals surface area (Å²) in [5.74, 6) is -0.644. The van der Waals surface area contributed by atoms with E-state index in [1.165, 1.54) is 6.08 Å². The predicted molar refractivity (Wildman–Crippen MR) is 94.4 cm³/mol. The van der Waals surface area contributed by atoms with Gasteiger partial charge in [-0.3, -0.25) is 9.59 Å². The Labute approximate surface area is 151 Å². The summed E-state index contributed by atoms with van der Waals surface area (Å²) in [7, 11) is 0. The Hall–Kier alpha value is -2.87. The minimum Gasteiger partial charge on any atom is -0.450 e. The van der Waals surface area contributed by atoms with Crippen molar-refractivity contribution in [2.75, 3.05) is 11.9 Å². The molecule has 1 aromatic carbocycles. The first kappa shape index (κ1) is 17.0. The molecule has 0 spiro atoms. The Bertz CT molecular complexity index is 888. The molecule has 1 saturated heterocycles. The van der Waals surface area contributed by atoms with Crippen molar-refractivity contribution < 1.29 is 18.8 Å². The van der Waals surface area contributed by atoms with Crippen LogP contribution in [0, 0.1) is 6.92 Å². The van der Waals surface area contributed by atoms with Crippen molar-refractivity contribution in [3.05, 3.63) is 58.1 Å². The van der Waals surface area contributed by atoms with Crippen molar-refractivity contribution in [2.45, 2.75) is 6.92 Å². The van der Waals surface area contributed by atoms with Crippen LogP contribution in [0.5, 0.6) is 0 Å². The summed E-state index contributed by atoms with van der Waals surface area (Å²) in [4.78, 5) is 37.2. The fourth-order valence-electron chi connectivity index (χ4n) is 2.33. The maximum Gasteiger partial charge on any atom is 0.329 e. The van der Waals surface area contributed by atoms with Crippen LogP contribution in [0.25, 0.3) is 6.08 Å². The summed E-state index contributed by atoms with van der Waals surface area (Å²) in [5.41, 5.74) is 1.64. The van der Waals surface area contributed by atoms with Crippen molar-refractivity contribution in [2.24, 2.45) is 0 Å². The molecule has 0 radical (unpaired) electrons. The number of carbonyl (C=O) groups excluding carboxylic acids is 3. The number of aryl methyl sites for hydroxylation is 1. The van der Waals surface area contributed by atoms with Gasteiger partial charge in [-0.1, -0.05) is 12.1 Å². The van der Waals surface area contributed by atoms with E-state index in [1.807, 2.05) is 13.0 Å². The first-order valence-corrected chi connectivity index (χ1v) is 8.18. The number of rotatable bonds is 4. The maximum absolute atomic E-state index is 12.3. The second kappa shape index (κ2) is 6.94. The molecule has 2 N–H and O–H groups in total. The maximum atomic E-state index is 12.3. The number of anilines is 1. The molecular weight excluding hydrogens is 390 g/mol. The van der Waals surface area contributed by atoms with Gasteiger partial charge in [0.15, 0.2) is 4.67 Å². The van der Waals surface area contributed by atoms with Crippen LogP contribution in [0.1, 0.15) is 11.3 Å². The molecular formula is C17H14BrN3O4. The SMILES string of the molecule is Cc1cccc(NC(=O)CN2C(=O)N/C(=C/c3ccc(Br)o3)C2=O)c1. The van der Waals surface area contributed by atoms with Crippen molar-refractivity contribution in [3.8, 4) is 0 Å². The van der Waals surface area contributed by atoms with Gasteiger partial charge < -0.3 is 15.1 Å². The van der Waals surface area contributed by atoms with Gasteiger partial charge in [-0.25, -0.2) is 9.69 Å². The molecule has 0 saturated carbocycles. The molecule has 128 valence electrons. The summed E-state index contributed by atoms with van der Waals surface area (Å²) in [6.07, 6.45) is 1.41. The van der Waals surface area contributed by atoms with Crippen molar-refractivity contribution in [1.82, 2.24) is 10.2 Å². The van der Waals surface area contributed by atoms with Crippen molar-refractivity contribution in [3.63, 3.8) is 0 Å². The Kier molecular flexibility index (Phi) is 4.71. The third-order valence-corrected chi connectivity index (χ3v) is 3.87. The number of hydrogen-bond donors (Lipinski definition) is 2. The Morgan fingerprint density at radius 2 is 2.12 bits per heavy atom. The zero-order chi connectivity index (χ0) is 18.0. The van der Waals surface area contributed by atoms with E-state index in [1.54, 1.807) is 30.3 Å². The first-order valence-electron chi connectivity index (χ1n) is 7.39. The number of benzene rings is 1. The molecule has 8 heteroatoms. The topological polar surface area (TPSA) is 91.7 Å². The number of imide groups is 1. The Morgan fingerprint density at radius 3 is 2.80 bits per heavy atom. The van der Waals surface area contributed by atoms with Gasteiger partial charge in [-0.05, 0) is 52.7 Å². The molecule has 25 heavy (non-hydrogen) atoms. The lowest BCUT2D eigenvalue weighted by molar-refractivity contribution is -0.127. The molecule has 0 atom stereocenters. The highest BCUT2D eigenvalue weighted by Crippen LogP contribution is 2.19. The summed E-state index contributed by atoms with van der Waals surface area (Å²) in [5, 5.41) is 5.09. The number of urea groups is 1. The van der Waals surface area contributed by atoms with E-state index in [0.717, 1.165) is 10.5 Å². The quantitative estimate of drug-likeness (QED) is 0.606. The van der Waals surface area contributed by atoms with Gasteiger partial charge in [0.25, 0.3) is 5.91 Å². The monoisotopic (exact) mass is 403 g/mol. The van der Waals surface area contributed by atoms with E-state index >= 15 is 0 Å². The average molecular weight is 404 g/mol. The van der Waals surface area contributed by atoms with Crippen LogP contribution in [0.2, 0.25) is 0 Å². The van der Waals surface area contributed by atoms with Crippen molar-refractivity contribution in [1.29, 1.82) is 0 Å². The fraction of sp³-hybridized carbons (Fsp3) is 0.118. The average Bonchev–Trinajstić information content (AvgIpc) is 3.06. The number of nitrogens with zero attached hydrogens (tertiary/aromatic N) is 1. The van der Waals surface area contributed by atoms with Gasteiger partial charge in [-0.15, -0.1) is 0 Å². The zero-order valence-corrected chi connectivity index (χ0v) is 14.8. The highest BCUT2D eigenvalue weighted by molar-refractivity contribution is 9.10. The molecule has 1 aliphatic heterocycles. The first-order chi connectivity index (χ1) is 11.9. The highest BCUT2D eigenvalue weighted by Gasteiger charge is 2.35. The van der Waals surface area contributed by atoms with Crippen LogP contribution in [0.3, 0.4) is 0 Å². The molecule has 1 aromatic heterocycles. The normalized spacial score (nSPS) is 15.6. The number of furan rings is 1. The fourth-order valence-corrected chi connectivity index (χ4v) is 2.65. The molecule has 2 heterocycles. The molecule has 1 aliphatic rings. The molecule has 1 fully saturated rings. The Balaban J connectivity index is 1.68. The molecule has 2 aromatic rings. The van der Waals surface area contributed by atoms with Crippen LogP contribution in [0.4, 0.5) is 10.5 Å². The lowest BCUT2D eigenvalue weighted by Gasteiger charge is -2.12. The van der Waals surface area contributed by atoms with E-state index in [0.29, 0.717) is 16.1 Å². The summed E-state index contributed by atoms with van der Waals surface area (Å²) in [6, 6.07) is 9.89. The van der Waals surface area contributed by atoms with E-state index < -0.39 is 17.8 Å². The minimum absolute atomic E-state index is 0.0511. The van der Waals surface area contributed by atoms with Gasteiger partial charge in [0.05, 0.1) is 0 Å². The number of hydrogen-bond acceptors (Lipinski definition) is 4. The third kappa shape index (κ3) is 3.97. The minimum atomic E-state index is -0.652. The third-order valence-electron chi connectivity index (χ3n) is 3.45. The number of halogens is 1. The van der Waals surface area contributed by atoms with Gasteiger partial charge in [0, 0.05) is 11.8 Å². The van der Waals surface area contributed by atoms with Gasteiger partial charge in [0.1, 0.15) is 18.0 Å². The van der Waals surface area contributed by atoms with Crippen LogP contribution < -0.4 is 10.6 Å². The van der Waals surface area contributed by atoms with E-state index in [9.17, 15) is 14.4 Å². The van der Waals surface area contributed by atoms with Gasteiger partial charge in [-0.2, -0.15) is 0 Å². The van der Waals surface area contributed by atoms with Crippen LogP contribution >= 0.6 is 15.9 Å². The number of nitrogens with one attached hydrogen (secondary N) is 2. The Morgan fingerprint density at radius 1 is 1.32 bits per heavy atom.